The molecule has 2 heterocycles. The van der Waals surface area contributed by atoms with Gasteiger partial charge in [0.15, 0.2) is 5.50 Å². The first kappa shape index (κ1) is 17.1. The van der Waals surface area contributed by atoms with Crippen molar-refractivity contribution < 1.29 is 14.0 Å². The van der Waals surface area contributed by atoms with Crippen LogP contribution < -0.4 is 10.6 Å². The number of halogens is 1. The number of carbonyl (C=O) groups excluding carboxylic acids is 2. The van der Waals surface area contributed by atoms with Gasteiger partial charge in [0, 0.05) is 30.8 Å². The zero-order valence-corrected chi connectivity index (χ0v) is 15.2. The SMILES string of the molecule is CC(=O)N1CCC(C(=O)NC2Nc3ccc4cc(F)ccc4c3S2)CC1. The van der Waals surface area contributed by atoms with Gasteiger partial charge in [-0.25, -0.2) is 4.39 Å². The molecule has 1 saturated heterocycles. The van der Waals surface area contributed by atoms with Crippen molar-refractivity contribution >= 4 is 40.0 Å². The van der Waals surface area contributed by atoms with Crippen molar-refractivity contribution in [3.05, 3.63) is 36.1 Å². The van der Waals surface area contributed by atoms with Gasteiger partial charge in [-0.2, -0.15) is 0 Å². The Morgan fingerprint density at radius 2 is 2.00 bits per heavy atom. The van der Waals surface area contributed by atoms with Crippen molar-refractivity contribution in [2.45, 2.75) is 30.2 Å². The second kappa shape index (κ2) is 6.79. The maximum Gasteiger partial charge on any atom is 0.225 e. The number of hydrogen-bond donors (Lipinski definition) is 2. The molecule has 2 aliphatic rings. The Labute approximate surface area is 155 Å². The summed E-state index contributed by atoms with van der Waals surface area (Å²) in [4.78, 5) is 26.8. The lowest BCUT2D eigenvalue weighted by Crippen LogP contribution is -2.45. The van der Waals surface area contributed by atoms with Crippen LogP contribution in [-0.4, -0.2) is 35.3 Å². The molecule has 0 aromatic heterocycles. The molecule has 136 valence electrons. The summed E-state index contributed by atoms with van der Waals surface area (Å²) in [6.45, 7) is 2.83. The van der Waals surface area contributed by atoms with Gasteiger partial charge < -0.3 is 15.5 Å². The fourth-order valence-electron chi connectivity index (χ4n) is 3.57. The Morgan fingerprint density at radius 3 is 2.73 bits per heavy atom. The number of piperidine rings is 1. The summed E-state index contributed by atoms with van der Waals surface area (Å²) in [6.07, 6.45) is 1.38. The van der Waals surface area contributed by atoms with Crippen molar-refractivity contribution in [1.82, 2.24) is 10.2 Å². The molecule has 0 spiro atoms. The zero-order valence-electron chi connectivity index (χ0n) is 14.4. The maximum atomic E-state index is 13.4. The van der Waals surface area contributed by atoms with Crippen molar-refractivity contribution in [1.29, 1.82) is 0 Å². The number of carbonyl (C=O) groups is 2. The van der Waals surface area contributed by atoms with Crippen LogP contribution in [0, 0.1) is 11.7 Å². The second-order valence-corrected chi connectivity index (χ2v) is 7.85. The van der Waals surface area contributed by atoms with Gasteiger partial charge in [-0.1, -0.05) is 23.9 Å². The lowest BCUT2D eigenvalue weighted by Gasteiger charge is -2.31. The molecule has 7 heteroatoms. The summed E-state index contributed by atoms with van der Waals surface area (Å²) < 4.78 is 13.4. The number of fused-ring (bicyclic) bond motifs is 3. The van der Waals surface area contributed by atoms with Gasteiger partial charge >= 0.3 is 0 Å². The Morgan fingerprint density at radius 1 is 1.23 bits per heavy atom. The van der Waals surface area contributed by atoms with Gasteiger partial charge in [-0.3, -0.25) is 9.59 Å². The molecule has 2 N–H and O–H groups in total. The number of thioether (sulfide) groups is 1. The molecule has 0 radical (unpaired) electrons. The first-order valence-corrected chi connectivity index (χ1v) is 9.60. The van der Waals surface area contributed by atoms with Gasteiger partial charge in [0.25, 0.3) is 0 Å². The number of rotatable bonds is 2. The zero-order chi connectivity index (χ0) is 18.3. The monoisotopic (exact) mass is 373 g/mol. The number of anilines is 1. The highest BCUT2D eigenvalue weighted by Crippen LogP contribution is 2.42. The molecule has 1 unspecified atom stereocenters. The number of amides is 2. The quantitative estimate of drug-likeness (QED) is 0.849. The van der Waals surface area contributed by atoms with Crippen LogP contribution in [0.3, 0.4) is 0 Å². The third-order valence-electron chi connectivity index (χ3n) is 5.04. The molecular weight excluding hydrogens is 353 g/mol. The van der Waals surface area contributed by atoms with E-state index in [1.165, 1.54) is 23.9 Å². The van der Waals surface area contributed by atoms with E-state index in [1.807, 2.05) is 12.1 Å². The summed E-state index contributed by atoms with van der Waals surface area (Å²) in [5.41, 5.74) is 0.713. The Balaban J connectivity index is 1.42. The fourth-order valence-corrected chi connectivity index (χ4v) is 4.73. The Kier molecular flexibility index (Phi) is 4.48. The molecule has 26 heavy (non-hydrogen) atoms. The van der Waals surface area contributed by atoms with Crippen LogP contribution in [-0.2, 0) is 9.59 Å². The van der Waals surface area contributed by atoms with Crippen LogP contribution in [0.4, 0.5) is 10.1 Å². The summed E-state index contributed by atoms with van der Waals surface area (Å²) >= 11 is 1.54. The number of nitrogens with zero attached hydrogens (tertiary/aromatic N) is 1. The van der Waals surface area contributed by atoms with Crippen LogP contribution in [0.25, 0.3) is 10.8 Å². The molecule has 0 saturated carbocycles. The van der Waals surface area contributed by atoms with E-state index in [-0.39, 0.29) is 29.0 Å². The number of benzene rings is 2. The molecular formula is C19H20FN3O2S. The lowest BCUT2D eigenvalue weighted by molar-refractivity contribution is -0.133. The highest BCUT2D eigenvalue weighted by atomic mass is 32.2. The van der Waals surface area contributed by atoms with Crippen LogP contribution in [0.1, 0.15) is 19.8 Å². The van der Waals surface area contributed by atoms with Crippen LogP contribution in [0.15, 0.2) is 35.2 Å². The second-order valence-electron chi connectivity index (χ2n) is 6.74. The van der Waals surface area contributed by atoms with E-state index >= 15 is 0 Å². The summed E-state index contributed by atoms with van der Waals surface area (Å²) in [6, 6.07) is 8.55. The van der Waals surface area contributed by atoms with Gasteiger partial charge in [-0.15, -0.1) is 0 Å². The number of hydrogen-bond acceptors (Lipinski definition) is 4. The average Bonchev–Trinajstić information content (AvgIpc) is 3.04. The van der Waals surface area contributed by atoms with E-state index in [4.69, 9.17) is 0 Å². The molecule has 1 fully saturated rings. The standard InChI is InChI=1S/C19H20FN3O2S/c1-11(24)23-8-6-12(7-9-23)18(25)22-19-21-16-5-2-13-10-14(20)3-4-15(13)17(16)26-19/h2-5,10,12,19,21H,6-9H2,1H3,(H,22,25). The van der Waals surface area contributed by atoms with Gasteiger partial charge in [-0.05, 0) is 41.8 Å². The minimum atomic E-state index is -0.254. The maximum absolute atomic E-state index is 13.4. The summed E-state index contributed by atoms with van der Waals surface area (Å²) in [7, 11) is 0. The summed E-state index contributed by atoms with van der Waals surface area (Å²) in [5, 5.41) is 8.19. The van der Waals surface area contributed by atoms with Gasteiger partial charge in [0.2, 0.25) is 11.8 Å². The largest absolute Gasteiger partial charge is 0.356 e. The Hall–Kier alpha value is -2.28. The van der Waals surface area contributed by atoms with Crippen LogP contribution >= 0.6 is 11.8 Å². The molecule has 2 aliphatic heterocycles. The fraction of sp³-hybridized carbons (Fsp3) is 0.368. The third-order valence-corrected chi connectivity index (χ3v) is 6.19. The van der Waals surface area contributed by atoms with Crippen LogP contribution in [0.5, 0.6) is 0 Å². The summed E-state index contributed by atoms with van der Waals surface area (Å²) in [5.74, 6) is -0.241. The average molecular weight is 373 g/mol. The normalized spacial score (nSPS) is 19.9. The van der Waals surface area contributed by atoms with Crippen LogP contribution in [0.2, 0.25) is 0 Å². The first-order valence-electron chi connectivity index (χ1n) is 8.72. The molecule has 0 aliphatic carbocycles. The van der Waals surface area contributed by atoms with E-state index in [0.717, 1.165) is 21.4 Å². The molecule has 0 bridgehead atoms. The molecule has 2 amide bonds. The topological polar surface area (TPSA) is 61.4 Å². The van der Waals surface area contributed by atoms with Crippen molar-refractivity contribution in [2.24, 2.45) is 5.92 Å². The first-order chi connectivity index (χ1) is 12.5. The lowest BCUT2D eigenvalue weighted by atomic mass is 9.96. The smallest absolute Gasteiger partial charge is 0.225 e. The van der Waals surface area contributed by atoms with E-state index in [1.54, 1.807) is 17.9 Å². The minimum absolute atomic E-state index is 0.0151. The van der Waals surface area contributed by atoms with E-state index in [9.17, 15) is 14.0 Å². The molecule has 5 nitrogen and oxygen atoms in total. The number of nitrogens with one attached hydrogen (secondary N) is 2. The van der Waals surface area contributed by atoms with E-state index in [0.29, 0.717) is 25.9 Å². The van der Waals surface area contributed by atoms with Gasteiger partial charge in [0.1, 0.15) is 5.82 Å². The van der Waals surface area contributed by atoms with Gasteiger partial charge in [0.05, 0.1) is 5.69 Å². The van der Waals surface area contributed by atoms with E-state index in [2.05, 4.69) is 10.6 Å². The minimum Gasteiger partial charge on any atom is -0.356 e. The van der Waals surface area contributed by atoms with Crippen molar-refractivity contribution in [2.75, 3.05) is 18.4 Å². The molecule has 1 atom stereocenters. The molecule has 4 rings (SSSR count). The Bertz CT molecular complexity index is 880. The highest BCUT2D eigenvalue weighted by Gasteiger charge is 2.30. The third kappa shape index (κ3) is 3.23. The predicted octanol–water partition coefficient (Wildman–Crippen LogP) is 3.15. The molecule has 2 aromatic rings. The predicted molar refractivity (Wildman–Crippen MR) is 100 cm³/mol. The number of likely N-dealkylation sites (tertiary alicyclic amines) is 1. The van der Waals surface area contributed by atoms with Crippen molar-refractivity contribution in [3.8, 4) is 0 Å². The highest BCUT2D eigenvalue weighted by molar-refractivity contribution is 8.00. The van der Waals surface area contributed by atoms with Crippen molar-refractivity contribution in [3.63, 3.8) is 0 Å². The van der Waals surface area contributed by atoms with E-state index < -0.39 is 0 Å². The molecule has 2 aromatic carbocycles.